The van der Waals surface area contributed by atoms with Crippen molar-refractivity contribution >= 4 is 28.5 Å². The topological polar surface area (TPSA) is 68.4 Å². The van der Waals surface area contributed by atoms with Crippen LogP contribution in [0.15, 0.2) is 16.9 Å². The van der Waals surface area contributed by atoms with Crippen LogP contribution in [0.5, 0.6) is 5.75 Å². The minimum absolute atomic E-state index is 0.0717. The lowest BCUT2D eigenvalue weighted by Gasteiger charge is -2.12. The highest BCUT2D eigenvalue weighted by Gasteiger charge is 2.22. The number of fused-ring (bicyclic) bond motifs is 1. The number of pyridine rings is 1. The lowest BCUT2D eigenvalue weighted by molar-refractivity contribution is 0.0525. The quantitative estimate of drug-likeness (QED) is 0.884. The molecule has 0 spiro atoms. The minimum Gasteiger partial charge on any atom is -0.490 e. The summed E-state index contributed by atoms with van der Waals surface area (Å²) < 4.78 is 10.0. The second-order valence-corrected chi connectivity index (χ2v) is 4.66. The van der Waals surface area contributed by atoms with Gasteiger partial charge in [-0.05, 0) is 31.5 Å². The van der Waals surface area contributed by atoms with E-state index in [1.165, 1.54) is 7.11 Å². The lowest BCUT2D eigenvalue weighted by Crippen LogP contribution is -2.17. The molecule has 0 radical (unpaired) electrons. The number of carbonyl (C=O) groups is 1. The number of nitrogens with one attached hydrogen (secondary N) is 1. The van der Waals surface area contributed by atoms with E-state index in [0.717, 1.165) is 5.56 Å². The highest BCUT2D eigenvalue weighted by molar-refractivity contribution is 6.31. The van der Waals surface area contributed by atoms with E-state index in [1.807, 2.05) is 0 Å². The van der Waals surface area contributed by atoms with E-state index in [0.29, 0.717) is 15.9 Å². The molecule has 0 aliphatic rings. The molecular weight excluding hydrogens is 282 g/mol. The Morgan fingerprint density at radius 1 is 1.40 bits per heavy atom. The number of halogens is 1. The molecule has 0 saturated carbocycles. The average Bonchev–Trinajstić information content (AvgIpc) is 2.38. The zero-order valence-electron chi connectivity index (χ0n) is 11.4. The molecule has 0 unspecified atom stereocenters. The van der Waals surface area contributed by atoms with Crippen molar-refractivity contribution in [3.63, 3.8) is 0 Å². The number of aryl methyl sites for hydroxylation is 1. The molecule has 20 heavy (non-hydrogen) atoms. The third-order valence-corrected chi connectivity index (χ3v) is 3.14. The maximum atomic E-state index is 12.1. The monoisotopic (exact) mass is 295 g/mol. The fourth-order valence-corrected chi connectivity index (χ4v) is 2.39. The summed E-state index contributed by atoms with van der Waals surface area (Å²) in [6.45, 7) is 3.69. The highest BCUT2D eigenvalue weighted by Crippen LogP contribution is 2.28. The van der Waals surface area contributed by atoms with E-state index < -0.39 is 11.5 Å². The number of esters is 1. The van der Waals surface area contributed by atoms with Crippen molar-refractivity contribution in [1.29, 1.82) is 0 Å². The van der Waals surface area contributed by atoms with Crippen LogP contribution in [-0.4, -0.2) is 24.7 Å². The number of aromatic amines is 1. The van der Waals surface area contributed by atoms with Gasteiger partial charge in [-0.15, -0.1) is 0 Å². The van der Waals surface area contributed by atoms with Gasteiger partial charge in [0.1, 0.15) is 5.56 Å². The van der Waals surface area contributed by atoms with Crippen LogP contribution in [0.25, 0.3) is 10.9 Å². The van der Waals surface area contributed by atoms with Gasteiger partial charge in [0.15, 0.2) is 5.75 Å². The number of hydrogen-bond acceptors (Lipinski definition) is 4. The molecule has 0 bridgehead atoms. The van der Waals surface area contributed by atoms with Crippen molar-refractivity contribution in [3.8, 4) is 5.75 Å². The summed E-state index contributed by atoms with van der Waals surface area (Å²) in [4.78, 5) is 26.8. The third-order valence-electron chi connectivity index (χ3n) is 2.93. The van der Waals surface area contributed by atoms with Crippen molar-refractivity contribution < 1.29 is 14.3 Å². The number of hydrogen-bond donors (Lipinski definition) is 1. The number of carbonyl (C=O) groups excluding carboxylic acids is 1. The summed E-state index contributed by atoms with van der Waals surface area (Å²) in [5, 5.41) is 0.972. The van der Waals surface area contributed by atoms with Crippen LogP contribution in [0.2, 0.25) is 5.02 Å². The normalized spacial score (nSPS) is 10.6. The first-order chi connectivity index (χ1) is 9.49. The molecule has 6 heteroatoms. The fraction of sp³-hybridized carbons (Fsp3) is 0.286. The Bertz CT molecular complexity index is 736. The van der Waals surface area contributed by atoms with Gasteiger partial charge in [-0.2, -0.15) is 0 Å². The Kier molecular flexibility index (Phi) is 3.99. The summed E-state index contributed by atoms with van der Waals surface area (Å²) in [5.41, 5.74) is 0.924. The zero-order valence-corrected chi connectivity index (χ0v) is 12.1. The molecule has 106 valence electrons. The van der Waals surface area contributed by atoms with Gasteiger partial charge in [0.05, 0.1) is 19.2 Å². The molecule has 1 aromatic heterocycles. The summed E-state index contributed by atoms with van der Waals surface area (Å²) in [6, 6.07) is 3.32. The van der Waals surface area contributed by atoms with E-state index in [1.54, 1.807) is 26.0 Å². The molecule has 0 fully saturated rings. The van der Waals surface area contributed by atoms with Crippen LogP contribution >= 0.6 is 11.6 Å². The van der Waals surface area contributed by atoms with Crippen LogP contribution < -0.4 is 10.3 Å². The second-order valence-electron chi connectivity index (χ2n) is 4.23. The smallest absolute Gasteiger partial charge is 0.342 e. The van der Waals surface area contributed by atoms with Crippen LogP contribution in [0.1, 0.15) is 22.8 Å². The van der Waals surface area contributed by atoms with Gasteiger partial charge >= 0.3 is 5.97 Å². The summed E-state index contributed by atoms with van der Waals surface area (Å²) in [7, 11) is 1.33. The summed E-state index contributed by atoms with van der Waals surface area (Å²) in [5.74, 6) is -0.681. The maximum Gasteiger partial charge on any atom is 0.342 e. The van der Waals surface area contributed by atoms with Crippen LogP contribution in [0.3, 0.4) is 0 Å². The standard InChI is InChI=1S/C14H14ClNO4/c1-4-20-14(18)10-9-6-8(15)5-7(2)11(9)16-13(17)12(10)19-3/h5-6H,4H2,1-3H3,(H,16,17). The molecule has 1 aromatic carbocycles. The molecule has 0 atom stereocenters. The zero-order chi connectivity index (χ0) is 14.9. The minimum atomic E-state index is -0.609. The Morgan fingerprint density at radius 3 is 2.70 bits per heavy atom. The number of ether oxygens (including phenoxy) is 2. The average molecular weight is 296 g/mol. The SMILES string of the molecule is CCOC(=O)c1c(OC)c(=O)[nH]c2c(C)cc(Cl)cc12. The van der Waals surface area contributed by atoms with E-state index in [-0.39, 0.29) is 17.9 Å². The fourth-order valence-electron chi connectivity index (χ4n) is 2.11. The Morgan fingerprint density at radius 2 is 2.10 bits per heavy atom. The summed E-state index contributed by atoms with van der Waals surface area (Å²) >= 11 is 6.03. The predicted octanol–water partition coefficient (Wildman–Crippen LogP) is 2.68. The summed E-state index contributed by atoms with van der Waals surface area (Å²) in [6.07, 6.45) is 0. The van der Waals surface area contributed by atoms with E-state index in [2.05, 4.69) is 4.98 Å². The molecule has 0 amide bonds. The molecule has 5 nitrogen and oxygen atoms in total. The van der Waals surface area contributed by atoms with Gasteiger partial charge in [-0.25, -0.2) is 4.79 Å². The molecule has 1 N–H and O–H groups in total. The first-order valence-corrected chi connectivity index (χ1v) is 6.44. The van der Waals surface area contributed by atoms with Gasteiger partial charge in [0.25, 0.3) is 5.56 Å². The predicted molar refractivity (Wildman–Crippen MR) is 76.8 cm³/mol. The van der Waals surface area contributed by atoms with Gasteiger partial charge in [-0.3, -0.25) is 4.79 Å². The van der Waals surface area contributed by atoms with Gasteiger partial charge in [0.2, 0.25) is 0 Å². The molecule has 0 aliphatic heterocycles. The molecule has 2 rings (SSSR count). The van der Waals surface area contributed by atoms with Crippen LogP contribution in [0, 0.1) is 6.92 Å². The molecule has 0 saturated heterocycles. The van der Waals surface area contributed by atoms with Crippen molar-refractivity contribution in [2.75, 3.05) is 13.7 Å². The van der Waals surface area contributed by atoms with E-state index in [4.69, 9.17) is 21.1 Å². The number of aromatic nitrogens is 1. The largest absolute Gasteiger partial charge is 0.490 e. The number of rotatable bonds is 3. The molecule has 0 aliphatic carbocycles. The molecular formula is C14H14ClNO4. The van der Waals surface area contributed by atoms with Gasteiger partial charge in [-0.1, -0.05) is 11.6 Å². The Labute approximate surface area is 120 Å². The number of benzene rings is 1. The van der Waals surface area contributed by atoms with Gasteiger partial charge in [0, 0.05) is 10.4 Å². The second kappa shape index (κ2) is 5.54. The first-order valence-electron chi connectivity index (χ1n) is 6.06. The van der Waals surface area contributed by atoms with Crippen molar-refractivity contribution in [3.05, 3.63) is 38.6 Å². The van der Waals surface area contributed by atoms with Crippen LogP contribution in [0.4, 0.5) is 0 Å². The van der Waals surface area contributed by atoms with Crippen LogP contribution in [-0.2, 0) is 4.74 Å². The van der Waals surface area contributed by atoms with E-state index in [9.17, 15) is 9.59 Å². The Hall–Kier alpha value is -2.01. The lowest BCUT2D eigenvalue weighted by atomic mass is 10.0. The van der Waals surface area contributed by atoms with Crippen molar-refractivity contribution in [1.82, 2.24) is 4.98 Å². The molecule has 1 heterocycles. The van der Waals surface area contributed by atoms with Crippen molar-refractivity contribution in [2.45, 2.75) is 13.8 Å². The number of H-pyrrole nitrogens is 1. The Balaban J connectivity index is 2.92. The maximum absolute atomic E-state index is 12.1. The molecule has 2 aromatic rings. The highest BCUT2D eigenvalue weighted by atomic mass is 35.5. The number of methoxy groups -OCH3 is 1. The third kappa shape index (κ3) is 2.36. The van der Waals surface area contributed by atoms with Gasteiger partial charge < -0.3 is 14.5 Å². The van der Waals surface area contributed by atoms with Crippen molar-refractivity contribution in [2.24, 2.45) is 0 Å². The van der Waals surface area contributed by atoms with E-state index >= 15 is 0 Å². The first kappa shape index (κ1) is 14.4.